The van der Waals surface area contributed by atoms with Crippen LogP contribution in [0.4, 0.5) is 0 Å². The van der Waals surface area contributed by atoms with Crippen molar-refractivity contribution in [2.45, 2.75) is 45.3 Å². The summed E-state index contributed by atoms with van der Waals surface area (Å²) in [5.74, 6) is 0.346. The molecule has 1 heterocycles. The molecule has 0 spiro atoms. The quantitative estimate of drug-likeness (QED) is 0.598. The molecule has 2 nitrogen and oxygen atoms in total. The summed E-state index contributed by atoms with van der Waals surface area (Å²) in [6.45, 7) is 7.32. The largest absolute Gasteiger partial charge is 0.393 e. The summed E-state index contributed by atoms with van der Waals surface area (Å²) in [6.07, 6.45) is 1.94. The van der Waals surface area contributed by atoms with Crippen molar-refractivity contribution < 1.29 is 9.84 Å². The van der Waals surface area contributed by atoms with Crippen molar-refractivity contribution in [1.29, 1.82) is 0 Å². The Balaban J connectivity index is 2.22. The molecule has 2 heteroatoms. The second-order valence-corrected chi connectivity index (χ2v) is 5.11. The Morgan fingerprint density at radius 3 is 2.42 bits per heavy atom. The molecule has 0 aromatic carbocycles. The monoisotopic (exact) mass is 170 g/mol. The SMILES string of the molecule is CC1(C)OCC[C@@]2(C)C[C@H](O)[C@@H]12. The van der Waals surface area contributed by atoms with Crippen LogP contribution in [-0.4, -0.2) is 23.4 Å². The lowest BCUT2D eigenvalue weighted by Crippen LogP contribution is -2.63. The highest BCUT2D eigenvalue weighted by molar-refractivity contribution is 5.07. The van der Waals surface area contributed by atoms with E-state index in [0.717, 1.165) is 19.4 Å². The van der Waals surface area contributed by atoms with E-state index in [1.54, 1.807) is 0 Å². The minimum atomic E-state index is -0.134. The van der Waals surface area contributed by atoms with Gasteiger partial charge >= 0.3 is 0 Å². The van der Waals surface area contributed by atoms with Gasteiger partial charge in [0.15, 0.2) is 0 Å². The van der Waals surface area contributed by atoms with Crippen LogP contribution in [0.1, 0.15) is 33.6 Å². The van der Waals surface area contributed by atoms with E-state index in [1.165, 1.54) is 0 Å². The molecular weight excluding hydrogens is 152 g/mol. The molecule has 0 unspecified atom stereocenters. The average Bonchev–Trinajstić information content (AvgIpc) is 1.81. The van der Waals surface area contributed by atoms with Crippen molar-refractivity contribution in [2.75, 3.05) is 6.61 Å². The molecule has 2 rings (SSSR count). The lowest BCUT2D eigenvalue weighted by Gasteiger charge is -2.60. The van der Waals surface area contributed by atoms with Crippen molar-refractivity contribution in [1.82, 2.24) is 0 Å². The summed E-state index contributed by atoms with van der Waals surface area (Å²) in [5, 5.41) is 9.66. The van der Waals surface area contributed by atoms with Gasteiger partial charge in [0.25, 0.3) is 0 Å². The van der Waals surface area contributed by atoms with Crippen LogP contribution in [0.15, 0.2) is 0 Å². The zero-order valence-corrected chi connectivity index (χ0v) is 8.13. The van der Waals surface area contributed by atoms with Crippen molar-refractivity contribution in [3.63, 3.8) is 0 Å². The molecule has 1 aliphatic heterocycles. The molecule has 1 saturated carbocycles. The van der Waals surface area contributed by atoms with Crippen molar-refractivity contribution in [3.05, 3.63) is 0 Å². The Kier molecular flexibility index (Phi) is 1.59. The van der Waals surface area contributed by atoms with Gasteiger partial charge in [-0.2, -0.15) is 0 Å². The maximum atomic E-state index is 9.66. The fourth-order valence-electron chi connectivity index (χ4n) is 3.22. The van der Waals surface area contributed by atoms with Gasteiger partial charge < -0.3 is 9.84 Å². The number of hydrogen-bond acceptors (Lipinski definition) is 2. The molecule has 2 fully saturated rings. The fourth-order valence-corrected chi connectivity index (χ4v) is 3.22. The van der Waals surface area contributed by atoms with Crippen LogP contribution in [0.3, 0.4) is 0 Å². The molecule has 0 aromatic rings. The highest BCUT2D eigenvalue weighted by atomic mass is 16.5. The lowest BCUT2D eigenvalue weighted by atomic mass is 9.51. The number of rotatable bonds is 0. The van der Waals surface area contributed by atoms with E-state index < -0.39 is 0 Å². The van der Waals surface area contributed by atoms with Gasteiger partial charge in [-0.1, -0.05) is 6.92 Å². The minimum absolute atomic E-state index is 0.120. The summed E-state index contributed by atoms with van der Waals surface area (Å²) in [6, 6.07) is 0. The zero-order valence-electron chi connectivity index (χ0n) is 8.13. The number of ether oxygens (including phenoxy) is 1. The normalized spacial score (nSPS) is 51.0. The Labute approximate surface area is 73.9 Å². The van der Waals surface area contributed by atoms with Gasteiger partial charge in [0.2, 0.25) is 0 Å². The van der Waals surface area contributed by atoms with E-state index in [-0.39, 0.29) is 11.7 Å². The Bertz CT molecular complexity index is 183. The molecule has 70 valence electrons. The second-order valence-electron chi connectivity index (χ2n) is 5.11. The summed E-state index contributed by atoms with van der Waals surface area (Å²) in [4.78, 5) is 0. The first kappa shape index (κ1) is 8.52. The lowest BCUT2D eigenvalue weighted by molar-refractivity contribution is -0.246. The van der Waals surface area contributed by atoms with Crippen LogP contribution in [0.25, 0.3) is 0 Å². The number of aliphatic hydroxyl groups is 1. The Morgan fingerprint density at radius 1 is 1.33 bits per heavy atom. The smallest absolute Gasteiger partial charge is 0.0684 e. The Hall–Kier alpha value is -0.0800. The van der Waals surface area contributed by atoms with Crippen molar-refractivity contribution >= 4 is 0 Å². The highest BCUT2D eigenvalue weighted by Crippen LogP contribution is 2.57. The van der Waals surface area contributed by atoms with Gasteiger partial charge in [-0.25, -0.2) is 0 Å². The van der Waals surface area contributed by atoms with E-state index >= 15 is 0 Å². The molecule has 0 aromatic heterocycles. The fraction of sp³-hybridized carbons (Fsp3) is 1.00. The van der Waals surface area contributed by atoms with E-state index in [1.807, 2.05) is 0 Å². The molecular formula is C10H18O2. The molecule has 0 radical (unpaired) electrons. The van der Waals surface area contributed by atoms with E-state index in [4.69, 9.17) is 4.74 Å². The summed E-state index contributed by atoms with van der Waals surface area (Å²) in [7, 11) is 0. The first-order chi connectivity index (χ1) is 5.46. The van der Waals surface area contributed by atoms with Gasteiger partial charge in [-0.3, -0.25) is 0 Å². The zero-order chi connectivity index (χ0) is 8.98. The predicted octanol–water partition coefficient (Wildman–Crippen LogP) is 1.57. The third kappa shape index (κ3) is 0.944. The Morgan fingerprint density at radius 2 is 2.00 bits per heavy atom. The van der Waals surface area contributed by atoms with E-state index in [2.05, 4.69) is 20.8 Å². The molecule has 12 heavy (non-hydrogen) atoms. The first-order valence-electron chi connectivity index (χ1n) is 4.78. The van der Waals surface area contributed by atoms with Gasteiger partial charge in [0.05, 0.1) is 11.7 Å². The first-order valence-corrected chi connectivity index (χ1v) is 4.78. The second kappa shape index (κ2) is 2.24. The van der Waals surface area contributed by atoms with Gasteiger partial charge in [-0.05, 0) is 32.1 Å². The predicted molar refractivity (Wildman–Crippen MR) is 46.9 cm³/mol. The summed E-state index contributed by atoms with van der Waals surface area (Å²) >= 11 is 0. The minimum Gasteiger partial charge on any atom is -0.393 e. The number of hydrogen-bond donors (Lipinski definition) is 1. The third-order valence-electron chi connectivity index (χ3n) is 3.71. The molecule has 2 aliphatic rings. The van der Waals surface area contributed by atoms with Crippen molar-refractivity contribution in [2.24, 2.45) is 11.3 Å². The van der Waals surface area contributed by atoms with Crippen LogP contribution < -0.4 is 0 Å². The maximum Gasteiger partial charge on any atom is 0.0684 e. The molecule has 3 atom stereocenters. The third-order valence-corrected chi connectivity index (χ3v) is 3.71. The van der Waals surface area contributed by atoms with Gasteiger partial charge in [-0.15, -0.1) is 0 Å². The molecule has 0 bridgehead atoms. The van der Waals surface area contributed by atoms with Gasteiger partial charge in [0.1, 0.15) is 0 Å². The van der Waals surface area contributed by atoms with E-state index in [0.29, 0.717) is 11.3 Å². The standard InChI is InChI=1S/C10H18O2/c1-9(2)8-7(11)6-10(8,3)4-5-12-9/h7-8,11H,4-6H2,1-3H3/t7-,8-,10-/m0/s1. The van der Waals surface area contributed by atoms with E-state index in [9.17, 15) is 5.11 Å². The van der Waals surface area contributed by atoms with Crippen LogP contribution in [0, 0.1) is 11.3 Å². The molecule has 0 amide bonds. The topological polar surface area (TPSA) is 29.5 Å². The number of aliphatic hydroxyl groups excluding tert-OH is 1. The van der Waals surface area contributed by atoms with Crippen LogP contribution in [0.5, 0.6) is 0 Å². The highest BCUT2D eigenvalue weighted by Gasteiger charge is 2.58. The molecule has 1 saturated heterocycles. The van der Waals surface area contributed by atoms with Crippen LogP contribution in [-0.2, 0) is 4.74 Å². The molecule has 1 N–H and O–H groups in total. The summed E-state index contributed by atoms with van der Waals surface area (Å²) < 4.78 is 5.67. The van der Waals surface area contributed by atoms with Crippen LogP contribution >= 0.6 is 0 Å². The number of fused-ring (bicyclic) bond motifs is 1. The average molecular weight is 170 g/mol. The van der Waals surface area contributed by atoms with Crippen molar-refractivity contribution in [3.8, 4) is 0 Å². The van der Waals surface area contributed by atoms with Crippen LogP contribution in [0.2, 0.25) is 0 Å². The molecule has 1 aliphatic carbocycles. The van der Waals surface area contributed by atoms with Gasteiger partial charge in [0, 0.05) is 12.5 Å². The summed E-state index contributed by atoms with van der Waals surface area (Å²) in [5.41, 5.74) is 0.228. The maximum absolute atomic E-state index is 9.66.